The Morgan fingerprint density at radius 3 is 2.64 bits per heavy atom. The Bertz CT molecular complexity index is 727. The van der Waals surface area contributed by atoms with Crippen LogP contribution in [0.4, 0.5) is 10.1 Å². The van der Waals surface area contributed by atoms with Crippen molar-refractivity contribution in [3.8, 4) is 0 Å². The molecule has 0 aromatic heterocycles. The number of piperidine rings is 1. The quantitative estimate of drug-likeness (QED) is 0.877. The Balaban J connectivity index is 1.63. The first kappa shape index (κ1) is 17.4. The Morgan fingerprint density at radius 1 is 1.16 bits per heavy atom. The highest BCUT2D eigenvalue weighted by Crippen LogP contribution is 2.20. The van der Waals surface area contributed by atoms with Crippen LogP contribution < -0.4 is 5.32 Å². The molecule has 0 aliphatic carbocycles. The summed E-state index contributed by atoms with van der Waals surface area (Å²) < 4.78 is 13.7. The Kier molecular flexibility index (Phi) is 5.66. The molecule has 0 atom stereocenters. The maximum atomic E-state index is 13.7. The van der Waals surface area contributed by atoms with Crippen LogP contribution in [0.2, 0.25) is 0 Å². The van der Waals surface area contributed by atoms with Gasteiger partial charge in [0.25, 0.3) is 5.91 Å². The van der Waals surface area contributed by atoms with Crippen LogP contribution in [-0.2, 0) is 6.54 Å². The Hall–Kier alpha value is -2.40. The molecule has 3 rings (SSSR count). The maximum Gasteiger partial charge on any atom is 0.253 e. The molecule has 1 fully saturated rings. The summed E-state index contributed by atoms with van der Waals surface area (Å²) >= 11 is 0. The van der Waals surface area contributed by atoms with Gasteiger partial charge in [0.2, 0.25) is 0 Å². The van der Waals surface area contributed by atoms with Crippen molar-refractivity contribution in [3.63, 3.8) is 0 Å². The molecule has 1 amide bonds. The molecule has 2 aromatic rings. The summed E-state index contributed by atoms with van der Waals surface area (Å²) in [6.45, 7) is 1.91. The summed E-state index contributed by atoms with van der Waals surface area (Å²) in [6, 6.07) is 14.0. The number of halogens is 1. The Labute approximate surface area is 147 Å². The van der Waals surface area contributed by atoms with Crippen molar-refractivity contribution in [2.75, 3.05) is 25.0 Å². The lowest BCUT2D eigenvalue weighted by atomic mass is 9.97. The minimum absolute atomic E-state index is 0.00549. The lowest BCUT2D eigenvalue weighted by Crippen LogP contribution is -2.39. The molecule has 0 radical (unpaired) electrons. The molecule has 4 nitrogen and oxygen atoms in total. The standard InChI is InChI=1S/C20H23FN2O2/c21-19-7-2-1-4-17(19)13-22-18-6-3-5-16(12-18)20(25)23-10-8-15(14-24)9-11-23/h1-7,12,15,22,24H,8-11,13-14H2. The van der Waals surface area contributed by atoms with Crippen LogP contribution in [0.1, 0.15) is 28.8 Å². The summed E-state index contributed by atoms with van der Waals surface area (Å²) in [6.07, 6.45) is 1.68. The van der Waals surface area contributed by atoms with E-state index >= 15 is 0 Å². The topological polar surface area (TPSA) is 52.6 Å². The highest BCUT2D eigenvalue weighted by Gasteiger charge is 2.23. The molecule has 1 aliphatic heterocycles. The number of rotatable bonds is 5. The van der Waals surface area contributed by atoms with E-state index in [1.165, 1.54) is 6.07 Å². The van der Waals surface area contributed by atoms with E-state index < -0.39 is 0 Å². The number of nitrogens with one attached hydrogen (secondary N) is 1. The molecule has 0 bridgehead atoms. The van der Waals surface area contributed by atoms with Gasteiger partial charge in [-0.15, -0.1) is 0 Å². The van der Waals surface area contributed by atoms with E-state index in [1.54, 1.807) is 30.3 Å². The second-order valence-electron chi connectivity index (χ2n) is 6.44. The van der Waals surface area contributed by atoms with Crippen LogP contribution >= 0.6 is 0 Å². The smallest absolute Gasteiger partial charge is 0.253 e. The largest absolute Gasteiger partial charge is 0.396 e. The minimum atomic E-state index is -0.242. The van der Waals surface area contributed by atoms with Crippen LogP contribution in [0.3, 0.4) is 0 Å². The number of amides is 1. The molecule has 0 spiro atoms. The van der Waals surface area contributed by atoms with Gasteiger partial charge in [0.15, 0.2) is 0 Å². The molecular weight excluding hydrogens is 319 g/mol. The van der Waals surface area contributed by atoms with Crippen LogP contribution in [0, 0.1) is 11.7 Å². The monoisotopic (exact) mass is 342 g/mol. The molecule has 1 aliphatic rings. The van der Waals surface area contributed by atoms with Gasteiger partial charge in [-0.3, -0.25) is 4.79 Å². The van der Waals surface area contributed by atoms with E-state index in [1.807, 2.05) is 17.0 Å². The van der Waals surface area contributed by atoms with Gasteiger partial charge in [-0.25, -0.2) is 4.39 Å². The van der Waals surface area contributed by atoms with Gasteiger partial charge in [-0.1, -0.05) is 24.3 Å². The fourth-order valence-electron chi connectivity index (χ4n) is 3.10. The predicted molar refractivity (Wildman–Crippen MR) is 95.9 cm³/mol. The van der Waals surface area contributed by atoms with Crippen molar-refractivity contribution >= 4 is 11.6 Å². The summed E-state index contributed by atoms with van der Waals surface area (Å²) in [5.41, 5.74) is 2.01. The first-order chi connectivity index (χ1) is 12.2. The van der Waals surface area contributed by atoms with Crippen molar-refractivity contribution in [1.82, 2.24) is 4.90 Å². The van der Waals surface area contributed by atoms with Crippen molar-refractivity contribution in [2.24, 2.45) is 5.92 Å². The van der Waals surface area contributed by atoms with E-state index in [4.69, 9.17) is 0 Å². The molecule has 5 heteroatoms. The first-order valence-corrected chi connectivity index (χ1v) is 8.65. The number of nitrogens with zero attached hydrogens (tertiary/aromatic N) is 1. The number of anilines is 1. The first-order valence-electron chi connectivity index (χ1n) is 8.65. The molecule has 132 valence electrons. The zero-order valence-electron chi connectivity index (χ0n) is 14.1. The second kappa shape index (κ2) is 8.12. The second-order valence-corrected chi connectivity index (χ2v) is 6.44. The van der Waals surface area contributed by atoms with Crippen LogP contribution in [0.15, 0.2) is 48.5 Å². The van der Waals surface area contributed by atoms with Crippen molar-refractivity contribution < 1.29 is 14.3 Å². The molecule has 1 heterocycles. The normalized spacial score (nSPS) is 15.2. The van der Waals surface area contributed by atoms with Gasteiger partial charge < -0.3 is 15.3 Å². The molecule has 2 aromatic carbocycles. The summed E-state index contributed by atoms with van der Waals surface area (Å²) in [7, 11) is 0. The minimum Gasteiger partial charge on any atom is -0.396 e. The molecule has 1 saturated heterocycles. The van der Waals surface area contributed by atoms with Crippen molar-refractivity contribution in [2.45, 2.75) is 19.4 Å². The fourth-order valence-corrected chi connectivity index (χ4v) is 3.10. The van der Waals surface area contributed by atoms with E-state index in [-0.39, 0.29) is 18.3 Å². The fraction of sp³-hybridized carbons (Fsp3) is 0.350. The summed E-state index contributed by atoms with van der Waals surface area (Å²) in [5, 5.41) is 12.4. The average molecular weight is 342 g/mol. The zero-order chi connectivity index (χ0) is 17.6. The number of likely N-dealkylation sites (tertiary alicyclic amines) is 1. The van der Waals surface area contributed by atoms with Crippen LogP contribution in [0.5, 0.6) is 0 Å². The highest BCUT2D eigenvalue weighted by molar-refractivity contribution is 5.95. The van der Waals surface area contributed by atoms with Crippen LogP contribution in [-0.4, -0.2) is 35.6 Å². The third kappa shape index (κ3) is 4.37. The number of hydrogen-bond donors (Lipinski definition) is 2. The lowest BCUT2D eigenvalue weighted by Gasteiger charge is -2.31. The van der Waals surface area contributed by atoms with Gasteiger partial charge in [0, 0.05) is 43.1 Å². The van der Waals surface area contributed by atoms with Crippen molar-refractivity contribution in [3.05, 3.63) is 65.5 Å². The summed E-state index contributed by atoms with van der Waals surface area (Å²) in [4.78, 5) is 14.5. The maximum absolute atomic E-state index is 13.7. The van der Waals surface area contributed by atoms with Gasteiger partial charge >= 0.3 is 0 Å². The molecule has 0 unspecified atom stereocenters. The predicted octanol–water partition coefficient (Wildman–Crippen LogP) is 3.28. The number of benzene rings is 2. The van der Waals surface area contributed by atoms with E-state index in [9.17, 15) is 14.3 Å². The number of carbonyl (C=O) groups excluding carboxylic acids is 1. The van der Waals surface area contributed by atoms with Gasteiger partial charge in [0.1, 0.15) is 5.82 Å². The number of carbonyl (C=O) groups is 1. The molecule has 0 saturated carbocycles. The van der Waals surface area contributed by atoms with E-state index in [0.717, 1.165) is 18.5 Å². The zero-order valence-corrected chi connectivity index (χ0v) is 14.1. The number of aliphatic hydroxyl groups is 1. The highest BCUT2D eigenvalue weighted by atomic mass is 19.1. The third-order valence-electron chi connectivity index (χ3n) is 4.71. The number of aliphatic hydroxyl groups excluding tert-OH is 1. The van der Waals surface area contributed by atoms with Crippen molar-refractivity contribution in [1.29, 1.82) is 0 Å². The lowest BCUT2D eigenvalue weighted by molar-refractivity contribution is 0.0651. The van der Waals surface area contributed by atoms with Gasteiger partial charge in [-0.2, -0.15) is 0 Å². The SMILES string of the molecule is O=C(c1cccc(NCc2ccccc2F)c1)N1CCC(CO)CC1. The average Bonchev–Trinajstić information content (AvgIpc) is 2.67. The van der Waals surface area contributed by atoms with Gasteiger partial charge in [0.05, 0.1) is 0 Å². The molecule has 25 heavy (non-hydrogen) atoms. The third-order valence-corrected chi connectivity index (χ3v) is 4.71. The van der Waals surface area contributed by atoms with Crippen LogP contribution in [0.25, 0.3) is 0 Å². The molecular formula is C20H23FN2O2. The number of hydrogen-bond acceptors (Lipinski definition) is 3. The van der Waals surface area contributed by atoms with E-state index in [0.29, 0.717) is 36.7 Å². The van der Waals surface area contributed by atoms with Gasteiger partial charge in [-0.05, 0) is 43.0 Å². The molecule has 2 N–H and O–H groups in total. The summed E-state index contributed by atoms with van der Waals surface area (Å²) in [5.74, 6) is 0.0673. The van der Waals surface area contributed by atoms with E-state index in [2.05, 4.69) is 5.32 Å². The Morgan fingerprint density at radius 2 is 1.92 bits per heavy atom.